The standard InChI is InChI=1S/C20H21FN2O2/c1-23(13-19(24)22-18-9-7-17(21)8-10-18)20(25)12-14-5-6-15-3-2-4-16(15)11-14/h5-11H,2-4,12-13H2,1H3,(H,22,24). The van der Waals surface area contributed by atoms with E-state index in [1.54, 1.807) is 7.05 Å². The molecule has 0 bridgehead atoms. The van der Waals surface area contributed by atoms with E-state index in [9.17, 15) is 14.0 Å². The van der Waals surface area contributed by atoms with Gasteiger partial charge in [-0.1, -0.05) is 18.2 Å². The lowest BCUT2D eigenvalue weighted by molar-refractivity contribution is -0.132. The largest absolute Gasteiger partial charge is 0.336 e. The quantitative estimate of drug-likeness (QED) is 0.910. The molecule has 0 aliphatic heterocycles. The highest BCUT2D eigenvalue weighted by molar-refractivity contribution is 5.94. The second-order valence-electron chi connectivity index (χ2n) is 6.44. The average molecular weight is 340 g/mol. The minimum absolute atomic E-state index is 0.0405. The molecule has 25 heavy (non-hydrogen) atoms. The molecule has 5 heteroatoms. The molecule has 0 fully saturated rings. The summed E-state index contributed by atoms with van der Waals surface area (Å²) in [5.74, 6) is -0.775. The molecule has 0 unspecified atom stereocenters. The SMILES string of the molecule is CN(CC(=O)Nc1ccc(F)cc1)C(=O)Cc1ccc2c(c1)CCC2. The van der Waals surface area contributed by atoms with E-state index in [2.05, 4.69) is 17.4 Å². The first kappa shape index (κ1) is 17.1. The van der Waals surface area contributed by atoms with Crippen molar-refractivity contribution in [3.05, 3.63) is 65.0 Å². The van der Waals surface area contributed by atoms with Crippen LogP contribution >= 0.6 is 0 Å². The monoisotopic (exact) mass is 340 g/mol. The van der Waals surface area contributed by atoms with Crippen molar-refractivity contribution in [2.24, 2.45) is 0 Å². The summed E-state index contributed by atoms with van der Waals surface area (Å²) >= 11 is 0. The van der Waals surface area contributed by atoms with Crippen molar-refractivity contribution in [2.45, 2.75) is 25.7 Å². The van der Waals surface area contributed by atoms with Crippen molar-refractivity contribution in [1.29, 1.82) is 0 Å². The first-order valence-corrected chi connectivity index (χ1v) is 8.41. The van der Waals surface area contributed by atoms with E-state index in [4.69, 9.17) is 0 Å². The Morgan fingerprint density at radius 1 is 1.08 bits per heavy atom. The van der Waals surface area contributed by atoms with Crippen molar-refractivity contribution in [1.82, 2.24) is 4.90 Å². The van der Waals surface area contributed by atoms with Gasteiger partial charge in [-0.3, -0.25) is 9.59 Å². The van der Waals surface area contributed by atoms with Gasteiger partial charge in [-0.25, -0.2) is 4.39 Å². The van der Waals surface area contributed by atoms with Gasteiger partial charge in [0.1, 0.15) is 5.82 Å². The van der Waals surface area contributed by atoms with Crippen LogP contribution < -0.4 is 5.32 Å². The van der Waals surface area contributed by atoms with Gasteiger partial charge in [0.2, 0.25) is 11.8 Å². The molecule has 0 heterocycles. The number of nitrogens with one attached hydrogen (secondary N) is 1. The highest BCUT2D eigenvalue weighted by atomic mass is 19.1. The van der Waals surface area contributed by atoms with Crippen LogP contribution in [0.25, 0.3) is 0 Å². The maximum atomic E-state index is 12.9. The van der Waals surface area contributed by atoms with Gasteiger partial charge in [0.25, 0.3) is 0 Å². The maximum Gasteiger partial charge on any atom is 0.243 e. The first-order valence-electron chi connectivity index (χ1n) is 8.41. The van der Waals surface area contributed by atoms with Crippen LogP contribution in [0.1, 0.15) is 23.1 Å². The zero-order valence-corrected chi connectivity index (χ0v) is 14.2. The number of aryl methyl sites for hydroxylation is 2. The molecule has 0 aromatic heterocycles. The van der Waals surface area contributed by atoms with Crippen LogP contribution in [0, 0.1) is 5.82 Å². The van der Waals surface area contributed by atoms with Crippen molar-refractivity contribution in [3.63, 3.8) is 0 Å². The topological polar surface area (TPSA) is 49.4 Å². The minimum atomic E-state index is -0.361. The highest BCUT2D eigenvalue weighted by Gasteiger charge is 2.16. The lowest BCUT2D eigenvalue weighted by Crippen LogP contribution is -2.35. The molecule has 1 aliphatic carbocycles. The second-order valence-corrected chi connectivity index (χ2v) is 6.44. The fraction of sp³-hybridized carbons (Fsp3) is 0.300. The average Bonchev–Trinajstić information content (AvgIpc) is 3.04. The van der Waals surface area contributed by atoms with Crippen molar-refractivity contribution >= 4 is 17.5 Å². The lowest BCUT2D eigenvalue weighted by atomic mass is 10.0. The van der Waals surface area contributed by atoms with Gasteiger partial charge in [-0.2, -0.15) is 0 Å². The highest BCUT2D eigenvalue weighted by Crippen LogP contribution is 2.23. The normalized spacial score (nSPS) is 12.6. The Hall–Kier alpha value is -2.69. The Labute approximate surface area is 146 Å². The maximum absolute atomic E-state index is 12.9. The fourth-order valence-corrected chi connectivity index (χ4v) is 3.08. The van der Waals surface area contributed by atoms with Crippen LogP contribution in [0.5, 0.6) is 0 Å². The molecule has 4 nitrogen and oxygen atoms in total. The van der Waals surface area contributed by atoms with Gasteiger partial charge in [-0.15, -0.1) is 0 Å². The van der Waals surface area contributed by atoms with E-state index in [-0.39, 0.29) is 30.6 Å². The predicted octanol–water partition coefficient (Wildman–Crippen LogP) is 2.95. The number of halogens is 1. The van der Waals surface area contributed by atoms with E-state index >= 15 is 0 Å². The lowest BCUT2D eigenvalue weighted by Gasteiger charge is -2.17. The molecule has 0 atom stereocenters. The minimum Gasteiger partial charge on any atom is -0.336 e. The molecule has 1 N–H and O–H groups in total. The Morgan fingerprint density at radius 2 is 1.80 bits per heavy atom. The molecule has 0 radical (unpaired) electrons. The summed E-state index contributed by atoms with van der Waals surface area (Å²) in [6, 6.07) is 11.7. The van der Waals surface area contributed by atoms with E-state index in [1.807, 2.05) is 6.07 Å². The number of carbonyl (C=O) groups excluding carboxylic acids is 2. The number of hydrogen-bond acceptors (Lipinski definition) is 2. The number of likely N-dealkylation sites (N-methyl/N-ethyl adjacent to an activating group) is 1. The van der Waals surface area contributed by atoms with Gasteiger partial charge < -0.3 is 10.2 Å². The van der Waals surface area contributed by atoms with Crippen LogP contribution in [-0.2, 0) is 28.9 Å². The number of benzene rings is 2. The summed E-state index contributed by atoms with van der Waals surface area (Å²) in [6.07, 6.45) is 3.66. The van der Waals surface area contributed by atoms with Crippen molar-refractivity contribution < 1.29 is 14.0 Å². The summed E-state index contributed by atoms with van der Waals surface area (Å²) in [4.78, 5) is 25.8. The second kappa shape index (κ2) is 7.47. The number of carbonyl (C=O) groups is 2. The summed E-state index contributed by atoms with van der Waals surface area (Å²) in [7, 11) is 1.61. The molecule has 2 aromatic rings. The van der Waals surface area contributed by atoms with E-state index in [1.165, 1.54) is 46.7 Å². The summed E-state index contributed by atoms with van der Waals surface area (Å²) in [5.41, 5.74) is 4.20. The zero-order valence-electron chi connectivity index (χ0n) is 14.2. The van der Waals surface area contributed by atoms with Crippen LogP contribution in [0.2, 0.25) is 0 Å². The smallest absolute Gasteiger partial charge is 0.243 e. The fourth-order valence-electron chi connectivity index (χ4n) is 3.08. The molecular weight excluding hydrogens is 319 g/mol. The van der Waals surface area contributed by atoms with Gasteiger partial charge in [0.15, 0.2) is 0 Å². The first-order chi connectivity index (χ1) is 12.0. The van der Waals surface area contributed by atoms with Crippen LogP contribution in [0.15, 0.2) is 42.5 Å². The number of fused-ring (bicyclic) bond motifs is 1. The molecule has 0 spiro atoms. The third kappa shape index (κ3) is 4.44. The van der Waals surface area contributed by atoms with E-state index in [0.717, 1.165) is 18.4 Å². The van der Waals surface area contributed by atoms with Crippen LogP contribution in [0.4, 0.5) is 10.1 Å². The Kier molecular flexibility index (Phi) is 5.12. The molecule has 1 aliphatic rings. The number of amides is 2. The molecular formula is C20H21FN2O2. The van der Waals surface area contributed by atoms with Crippen LogP contribution in [-0.4, -0.2) is 30.3 Å². The number of rotatable bonds is 5. The van der Waals surface area contributed by atoms with Gasteiger partial charge in [0, 0.05) is 12.7 Å². The predicted molar refractivity (Wildman–Crippen MR) is 94.8 cm³/mol. The number of hydrogen-bond donors (Lipinski definition) is 1. The molecule has 2 amide bonds. The van der Waals surface area contributed by atoms with Crippen molar-refractivity contribution in [3.8, 4) is 0 Å². The Bertz CT molecular complexity index is 787. The summed E-state index contributed by atoms with van der Waals surface area (Å²) in [5, 5.41) is 2.65. The Morgan fingerprint density at radius 3 is 2.56 bits per heavy atom. The van der Waals surface area contributed by atoms with Gasteiger partial charge in [-0.05, 0) is 60.2 Å². The van der Waals surface area contributed by atoms with Crippen LogP contribution in [0.3, 0.4) is 0 Å². The molecule has 3 rings (SSSR count). The van der Waals surface area contributed by atoms with Crippen molar-refractivity contribution in [2.75, 3.05) is 18.9 Å². The molecule has 0 saturated heterocycles. The molecule has 130 valence electrons. The summed E-state index contributed by atoms with van der Waals surface area (Å²) in [6.45, 7) is -0.0405. The number of anilines is 1. The molecule has 2 aromatic carbocycles. The number of nitrogens with zero attached hydrogens (tertiary/aromatic N) is 1. The van der Waals surface area contributed by atoms with Gasteiger partial charge >= 0.3 is 0 Å². The third-order valence-electron chi connectivity index (χ3n) is 4.45. The van der Waals surface area contributed by atoms with Gasteiger partial charge in [0.05, 0.1) is 13.0 Å². The molecule has 0 saturated carbocycles. The summed E-state index contributed by atoms with van der Waals surface area (Å²) < 4.78 is 12.9. The Balaban J connectivity index is 1.53. The zero-order chi connectivity index (χ0) is 17.8. The van der Waals surface area contributed by atoms with E-state index in [0.29, 0.717) is 5.69 Å². The third-order valence-corrected chi connectivity index (χ3v) is 4.45. The van der Waals surface area contributed by atoms with E-state index < -0.39 is 0 Å².